The molecule has 0 saturated heterocycles. The van der Waals surface area contributed by atoms with Crippen LogP contribution in [0.4, 0.5) is 0 Å². The fourth-order valence-electron chi connectivity index (χ4n) is 1.91. The number of ether oxygens (including phenoxy) is 1. The molecule has 0 bridgehead atoms. The molecule has 0 spiro atoms. The zero-order chi connectivity index (χ0) is 9.97. The quantitative estimate of drug-likeness (QED) is 0.681. The molecule has 0 radical (unpaired) electrons. The van der Waals surface area contributed by atoms with Gasteiger partial charge in [0.05, 0.1) is 7.11 Å². The Bertz CT molecular complexity index is 333. The lowest BCUT2D eigenvalue weighted by atomic mass is 10.1. The Morgan fingerprint density at radius 1 is 1.57 bits per heavy atom. The Labute approximate surface area is 83.9 Å². The molecular weight excluding hydrogens is 176 g/mol. The molecule has 0 aromatic heterocycles. The first kappa shape index (κ1) is 9.25. The molecule has 1 aromatic rings. The van der Waals surface area contributed by atoms with Crippen LogP contribution in [0.1, 0.15) is 24.3 Å². The molecule has 2 nitrogen and oxygen atoms in total. The third kappa shape index (κ3) is 1.79. The maximum absolute atomic E-state index is 10.3. The number of methoxy groups -OCH3 is 1. The summed E-state index contributed by atoms with van der Waals surface area (Å²) in [5.41, 5.74) is 1.30. The molecule has 0 N–H and O–H groups in total. The first-order valence-electron chi connectivity index (χ1n) is 4.92. The minimum Gasteiger partial charge on any atom is -0.497 e. The maximum atomic E-state index is 10.3. The van der Waals surface area contributed by atoms with Crippen LogP contribution in [0.2, 0.25) is 0 Å². The number of benzene rings is 1. The summed E-state index contributed by atoms with van der Waals surface area (Å²) in [6.07, 6.45) is 2.86. The largest absolute Gasteiger partial charge is 0.497 e. The number of hydrogen-bond donors (Lipinski definition) is 0. The highest BCUT2D eigenvalue weighted by molar-refractivity contribution is 5.51. The third-order valence-electron chi connectivity index (χ3n) is 2.84. The van der Waals surface area contributed by atoms with Gasteiger partial charge in [0, 0.05) is 6.42 Å². The molecule has 1 aromatic carbocycles. The molecule has 2 unspecified atom stereocenters. The van der Waals surface area contributed by atoms with Gasteiger partial charge >= 0.3 is 0 Å². The smallest absolute Gasteiger partial charge is 0.120 e. The Balaban J connectivity index is 2.07. The van der Waals surface area contributed by atoms with E-state index in [1.165, 1.54) is 5.56 Å². The lowest BCUT2D eigenvalue weighted by Gasteiger charge is -2.02. The van der Waals surface area contributed by atoms with Crippen LogP contribution < -0.4 is 4.74 Å². The number of carbonyl (C=O) groups excluding carboxylic acids is 1. The fourth-order valence-corrected chi connectivity index (χ4v) is 1.91. The maximum Gasteiger partial charge on any atom is 0.120 e. The van der Waals surface area contributed by atoms with Crippen LogP contribution in [-0.2, 0) is 4.79 Å². The molecule has 2 atom stereocenters. The molecule has 1 saturated carbocycles. The van der Waals surface area contributed by atoms with Gasteiger partial charge in [-0.15, -0.1) is 0 Å². The molecule has 1 fully saturated rings. The highest BCUT2D eigenvalue weighted by Gasteiger charge is 2.37. The second-order valence-electron chi connectivity index (χ2n) is 3.78. The lowest BCUT2D eigenvalue weighted by molar-refractivity contribution is -0.108. The number of aldehydes is 1. The number of hydrogen-bond acceptors (Lipinski definition) is 2. The minimum absolute atomic E-state index is 0.569. The van der Waals surface area contributed by atoms with Crippen LogP contribution in [0.15, 0.2) is 24.3 Å². The summed E-state index contributed by atoms with van der Waals surface area (Å²) in [6.45, 7) is 0. The Kier molecular flexibility index (Phi) is 2.53. The average molecular weight is 190 g/mol. The Morgan fingerprint density at radius 2 is 2.43 bits per heavy atom. The first-order valence-corrected chi connectivity index (χ1v) is 4.92. The predicted octanol–water partition coefficient (Wildman–Crippen LogP) is 2.39. The molecular formula is C12H14O2. The molecule has 2 heteroatoms. The standard InChI is InChI=1S/C12H14O2/c1-14-11-4-2-3-9(7-11)12-8-10(12)5-6-13/h2-4,6-7,10,12H,5,8H2,1H3. The summed E-state index contributed by atoms with van der Waals surface area (Å²) >= 11 is 0. The van der Waals surface area contributed by atoms with Crippen molar-refractivity contribution in [3.8, 4) is 5.75 Å². The van der Waals surface area contributed by atoms with Crippen LogP contribution in [0, 0.1) is 5.92 Å². The molecule has 0 heterocycles. The van der Waals surface area contributed by atoms with Gasteiger partial charge in [-0.1, -0.05) is 12.1 Å². The van der Waals surface area contributed by atoms with Crippen LogP contribution in [0.5, 0.6) is 5.75 Å². The highest BCUT2D eigenvalue weighted by Crippen LogP contribution is 2.49. The van der Waals surface area contributed by atoms with E-state index in [0.717, 1.165) is 18.5 Å². The van der Waals surface area contributed by atoms with Gasteiger partial charge in [0.2, 0.25) is 0 Å². The first-order chi connectivity index (χ1) is 6.85. The second kappa shape index (κ2) is 3.82. The van der Waals surface area contributed by atoms with Crippen LogP contribution in [-0.4, -0.2) is 13.4 Å². The highest BCUT2D eigenvalue weighted by atomic mass is 16.5. The topological polar surface area (TPSA) is 26.3 Å². The molecule has 0 aliphatic heterocycles. The summed E-state index contributed by atoms with van der Waals surface area (Å²) in [4.78, 5) is 10.3. The predicted molar refractivity (Wildman–Crippen MR) is 54.5 cm³/mol. The van der Waals surface area contributed by atoms with Crippen molar-refractivity contribution < 1.29 is 9.53 Å². The zero-order valence-corrected chi connectivity index (χ0v) is 8.27. The third-order valence-corrected chi connectivity index (χ3v) is 2.84. The minimum atomic E-state index is 0.569. The monoisotopic (exact) mass is 190 g/mol. The van der Waals surface area contributed by atoms with Crippen molar-refractivity contribution in [3.63, 3.8) is 0 Å². The van der Waals surface area contributed by atoms with E-state index in [9.17, 15) is 4.79 Å². The molecule has 0 amide bonds. The molecule has 1 aliphatic carbocycles. The van der Waals surface area contributed by atoms with Crippen LogP contribution in [0.3, 0.4) is 0 Å². The second-order valence-corrected chi connectivity index (χ2v) is 3.78. The molecule has 14 heavy (non-hydrogen) atoms. The van der Waals surface area contributed by atoms with Crippen LogP contribution in [0.25, 0.3) is 0 Å². The summed E-state index contributed by atoms with van der Waals surface area (Å²) < 4.78 is 5.16. The van der Waals surface area contributed by atoms with E-state index < -0.39 is 0 Å². The molecule has 1 aliphatic rings. The van der Waals surface area contributed by atoms with E-state index in [2.05, 4.69) is 12.1 Å². The Morgan fingerprint density at radius 3 is 3.14 bits per heavy atom. The van der Waals surface area contributed by atoms with Gasteiger partial charge in [-0.3, -0.25) is 0 Å². The molecule has 2 rings (SSSR count). The van der Waals surface area contributed by atoms with Gasteiger partial charge in [-0.05, 0) is 36.0 Å². The summed E-state index contributed by atoms with van der Waals surface area (Å²) in [7, 11) is 1.68. The average Bonchev–Trinajstić information content (AvgIpc) is 2.98. The van der Waals surface area contributed by atoms with Crippen LogP contribution >= 0.6 is 0 Å². The van der Waals surface area contributed by atoms with Crippen molar-refractivity contribution in [1.29, 1.82) is 0 Å². The van der Waals surface area contributed by atoms with Gasteiger partial charge in [-0.2, -0.15) is 0 Å². The van der Waals surface area contributed by atoms with Gasteiger partial charge in [-0.25, -0.2) is 0 Å². The van der Waals surface area contributed by atoms with Gasteiger partial charge in [0.15, 0.2) is 0 Å². The van der Waals surface area contributed by atoms with Crippen molar-refractivity contribution in [2.45, 2.75) is 18.8 Å². The zero-order valence-electron chi connectivity index (χ0n) is 8.27. The van der Waals surface area contributed by atoms with Gasteiger partial charge in [0.25, 0.3) is 0 Å². The molecule has 74 valence electrons. The van der Waals surface area contributed by atoms with Crippen molar-refractivity contribution in [2.75, 3.05) is 7.11 Å². The van der Waals surface area contributed by atoms with E-state index in [4.69, 9.17) is 4.74 Å². The van der Waals surface area contributed by atoms with E-state index >= 15 is 0 Å². The van der Waals surface area contributed by atoms with Crippen molar-refractivity contribution >= 4 is 6.29 Å². The van der Waals surface area contributed by atoms with Gasteiger partial charge < -0.3 is 9.53 Å². The summed E-state index contributed by atoms with van der Waals surface area (Å²) in [5, 5.41) is 0. The van der Waals surface area contributed by atoms with Crippen molar-refractivity contribution in [3.05, 3.63) is 29.8 Å². The Hall–Kier alpha value is -1.31. The summed E-state index contributed by atoms with van der Waals surface area (Å²) in [6, 6.07) is 8.12. The number of carbonyl (C=O) groups is 1. The fraction of sp³-hybridized carbons (Fsp3) is 0.417. The van der Waals surface area contributed by atoms with E-state index in [0.29, 0.717) is 18.3 Å². The normalized spacial score (nSPS) is 24.4. The van der Waals surface area contributed by atoms with E-state index in [-0.39, 0.29) is 0 Å². The van der Waals surface area contributed by atoms with E-state index in [1.807, 2.05) is 12.1 Å². The summed E-state index contributed by atoms with van der Waals surface area (Å²) in [5.74, 6) is 2.05. The lowest BCUT2D eigenvalue weighted by Crippen LogP contribution is -1.87. The van der Waals surface area contributed by atoms with Crippen molar-refractivity contribution in [2.24, 2.45) is 5.92 Å². The van der Waals surface area contributed by atoms with E-state index in [1.54, 1.807) is 7.11 Å². The SMILES string of the molecule is COc1cccc(C2CC2CC=O)c1. The number of rotatable bonds is 4. The van der Waals surface area contributed by atoms with Crippen molar-refractivity contribution in [1.82, 2.24) is 0 Å². The van der Waals surface area contributed by atoms with Gasteiger partial charge in [0.1, 0.15) is 12.0 Å².